The lowest BCUT2D eigenvalue weighted by Crippen LogP contribution is -1.82. The summed E-state index contributed by atoms with van der Waals surface area (Å²) >= 11 is 6.11. The van der Waals surface area contributed by atoms with Gasteiger partial charge in [-0.1, -0.05) is 41.9 Å². The summed E-state index contributed by atoms with van der Waals surface area (Å²) in [5.74, 6) is 0.190. The second-order valence-corrected chi connectivity index (χ2v) is 5.06. The van der Waals surface area contributed by atoms with E-state index in [1.807, 2.05) is 43.3 Å². The van der Waals surface area contributed by atoms with Crippen LogP contribution in [-0.2, 0) is 0 Å². The quantitative estimate of drug-likeness (QED) is 0.732. The van der Waals surface area contributed by atoms with Crippen molar-refractivity contribution in [2.24, 2.45) is 0 Å². The molecule has 100 valence electrons. The Bertz CT molecular complexity index is 750. The molecule has 20 heavy (non-hydrogen) atoms. The fourth-order valence-electron chi connectivity index (χ4n) is 2.10. The summed E-state index contributed by atoms with van der Waals surface area (Å²) in [6.45, 7) is 1.86. The molecule has 3 aromatic rings. The first kappa shape index (κ1) is 12.8. The third-order valence-corrected chi connectivity index (χ3v) is 3.62. The molecule has 2 aromatic carbocycles. The van der Waals surface area contributed by atoms with E-state index in [0.717, 1.165) is 22.5 Å². The normalized spacial score (nSPS) is 10.7. The molecule has 3 nitrogen and oxygen atoms in total. The lowest BCUT2D eigenvalue weighted by Gasteiger charge is -2.05. The molecular weight excluding hydrogens is 272 g/mol. The molecule has 0 unspecified atom stereocenters. The Morgan fingerprint density at radius 3 is 2.60 bits per heavy atom. The third kappa shape index (κ3) is 2.28. The van der Waals surface area contributed by atoms with Crippen LogP contribution in [0.5, 0.6) is 5.75 Å². The van der Waals surface area contributed by atoms with Crippen LogP contribution in [0.25, 0.3) is 22.5 Å². The van der Waals surface area contributed by atoms with Crippen LogP contribution >= 0.6 is 11.6 Å². The van der Waals surface area contributed by atoms with Gasteiger partial charge in [0.1, 0.15) is 5.75 Å². The van der Waals surface area contributed by atoms with Crippen molar-refractivity contribution in [2.75, 3.05) is 0 Å². The molecular formula is C16H13ClN2O. The number of nitrogens with zero attached hydrogens (tertiary/aromatic N) is 1. The van der Waals surface area contributed by atoms with Crippen LogP contribution in [0, 0.1) is 6.92 Å². The maximum absolute atomic E-state index is 10.0. The van der Waals surface area contributed by atoms with Gasteiger partial charge in [-0.25, -0.2) is 0 Å². The summed E-state index contributed by atoms with van der Waals surface area (Å²) in [6, 6.07) is 15.2. The minimum Gasteiger partial charge on any atom is -0.507 e. The van der Waals surface area contributed by atoms with Crippen molar-refractivity contribution in [2.45, 2.75) is 6.92 Å². The molecule has 0 amide bonds. The number of benzene rings is 2. The zero-order valence-electron chi connectivity index (χ0n) is 10.9. The largest absolute Gasteiger partial charge is 0.507 e. The SMILES string of the molecule is Cc1cc(O)c(-c2cc(-c3ccccc3)n[nH]2)cc1Cl. The highest BCUT2D eigenvalue weighted by Crippen LogP contribution is 2.34. The number of H-pyrrole nitrogens is 1. The molecule has 4 heteroatoms. The van der Waals surface area contributed by atoms with Crippen molar-refractivity contribution >= 4 is 11.6 Å². The topological polar surface area (TPSA) is 48.9 Å². The van der Waals surface area contributed by atoms with E-state index in [1.54, 1.807) is 12.1 Å². The first-order valence-corrected chi connectivity index (χ1v) is 6.63. The highest BCUT2D eigenvalue weighted by molar-refractivity contribution is 6.31. The summed E-state index contributed by atoms with van der Waals surface area (Å²) in [6.07, 6.45) is 0. The summed E-state index contributed by atoms with van der Waals surface area (Å²) in [7, 11) is 0. The minimum atomic E-state index is 0.190. The Balaban J connectivity index is 2.05. The Labute approximate surface area is 121 Å². The van der Waals surface area contributed by atoms with Crippen molar-refractivity contribution in [1.82, 2.24) is 10.2 Å². The standard InChI is InChI=1S/C16H13ClN2O/c1-10-7-16(20)12(8-13(10)17)15-9-14(18-19-15)11-5-3-2-4-6-11/h2-9,20H,1H3,(H,18,19). The van der Waals surface area contributed by atoms with Gasteiger partial charge in [-0.05, 0) is 30.7 Å². The number of halogens is 1. The molecule has 0 saturated heterocycles. The van der Waals surface area contributed by atoms with E-state index in [-0.39, 0.29) is 5.75 Å². The maximum atomic E-state index is 10.0. The van der Waals surface area contributed by atoms with Gasteiger partial charge in [0.2, 0.25) is 0 Å². The minimum absolute atomic E-state index is 0.190. The first-order valence-electron chi connectivity index (χ1n) is 6.25. The predicted octanol–water partition coefficient (Wildman–Crippen LogP) is 4.41. The highest BCUT2D eigenvalue weighted by atomic mass is 35.5. The Morgan fingerprint density at radius 2 is 1.85 bits per heavy atom. The highest BCUT2D eigenvalue weighted by Gasteiger charge is 2.11. The van der Waals surface area contributed by atoms with Gasteiger partial charge in [-0.15, -0.1) is 0 Å². The second kappa shape index (κ2) is 5.02. The molecule has 0 aliphatic rings. The van der Waals surface area contributed by atoms with Gasteiger partial charge < -0.3 is 5.11 Å². The number of nitrogens with one attached hydrogen (secondary N) is 1. The molecule has 0 aliphatic carbocycles. The fourth-order valence-corrected chi connectivity index (χ4v) is 2.26. The molecule has 1 aromatic heterocycles. The number of aromatic amines is 1. The van der Waals surface area contributed by atoms with Crippen LogP contribution in [0.4, 0.5) is 0 Å². The number of aromatic nitrogens is 2. The number of phenolic OH excluding ortho intramolecular Hbond substituents is 1. The van der Waals surface area contributed by atoms with Crippen LogP contribution in [-0.4, -0.2) is 15.3 Å². The summed E-state index contributed by atoms with van der Waals surface area (Å²) < 4.78 is 0. The molecule has 1 heterocycles. The summed E-state index contributed by atoms with van der Waals surface area (Å²) in [5.41, 5.74) is 4.08. The van der Waals surface area contributed by atoms with Crippen LogP contribution in [0.1, 0.15) is 5.56 Å². The molecule has 0 fully saturated rings. The molecule has 0 atom stereocenters. The van der Waals surface area contributed by atoms with Crippen LogP contribution < -0.4 is 0 Å². The summed E-state index contributed by atoms with van der Waals surface area (Å²) in [5, 5.41) is 17.9. The lowest BCUT2D eigenvalue weighted by atomic mass is 10.1. The van der Waals surface area contributed by atoms with Crippen LogP contribution in [0.2, 0.25) is 5.02 Å². The third-order valence-electron chi connectivity index (χ3n) is 3.21. The van der Waals surface area contributed by atoms with E-state index in [4.69, 9.17) is 11.6 Å². The first-order chi connectivity index (χ1) is 9.65. The van der Waals surface area contributed by atoms with E-state index in [0.29, 0.717) is 10.6 Å². The lowest BCUT2D eigenvalue weighted by molar-refractivity contribution is 0.476. The monoisotopic (exact) mass is 284 g/mol. The Morgan fingerprint density at radius 1 is 1.10 bits per heavy atom. The van der Waals surface area contributed by atoms with Crippen molar-refractivity contribution in [3.05, 3.63) is 59.1 Å². The van der Waals surface area contributed by atoms with E-state index in [2.05, 4.69) is 10.2 Å². The average Bonchev–Trinajstić information content (AvgIpc) is 2.93. The molecule has 2 N–H and O–H groups in total. The van der Waals surface area contributed by atoms with Gasteiger partial charge in [0.15, 0.2) is 0 Å². The van der Waals surface area contributed by atoms with E-state index < -0.39 is 0 Å². The molecule has 0 bridgehead atoms. The number of aryl methyl sites for hydroxylation is 1. The molecule has 0 spiro atoms. The van der Waals surface area contributed by atoms with Gasteiger partial charge in [0.05, 0.1) is 11.4 Å². The van der Waals surface area contributed by atoms with E-state index in [1.165, 1.54) is 0 Å². The van der Waals surface area contributed by atoms with Gasteiger partial charge in [-0.2, -0.15) is 5.10 Å². The Hall–Kier alpha value is -2.26. The Kier molecular flexibility index (Phi) is 3.20. The zero-order valence-corrected chi connectivity index (χ0v) is 11.6. The van der Waals surface area contributed by atoms with Crippen molar-refractivity contribution in [1.29, 1.82) is 0 Å². The number of aromatic hydroxyl groups is 1. The van der Waals surface area contributed by atoms with Gasteiger partial charge >= 0.3 is 0 Å². The predicted molar refractivity (Wildman–Crippen MR) is 80.9 cm³/mol. The average molecular weight is 285 g/mol. The molecule has 0 saturated carbocycles. The zero-order chi connectivity index (χ0) is 14.1. The van der Waals surface area contributed by atoms with Crippen molar-refractivity contribution in [3.63, 3.8) is 0 Å². The van der Waals surface area contributed by atoms with Crippen molar-refractivity contribution < 1.29 is 5.11 Å². The summed E-state index contributed by atoms with van der Waals surface area (Å²) in [4.78, 5) is 0. The maximum Gasteiger partial charge on any atom is 0.125 e. The number of hydrogen-bond donors (Lipinski definition) is 2. The fraction of sp³-hybridized carbons (Fsp3) is 0.0625. The second-order valence-electron chi connectivity index (χ2n) is 4.65. The van der Waals surface area contributed by atoms with Gasteiger partial charge in [0.25, 0.3) is 0 Å². The van der Waals surface area contributed by atoms with Crippen molar-refractivity contribution in [3.8, 4) is 28.3 Å². The number of rotatable bonds is 2. The van der Waals surface area contributed by atoms with Crippen LogP contribution in [0.3, 0.4) is 0 Å². The van der Waals surface area contributed by atoms with Crippen LogP contribution in [0.15, 0.2) is 48.5 Å². The number of phenols is 1. The smallest absolute Gasteiger partial charge is 0.125 e. The molecule has 3 rings (SSSR count). The molecule has 0 radical (unpaired) electrons. The van der Waals surface area contributed by atoms with Gasteiger partial charge in [-0.3, -0.25) is 5.10 Å². The van der Waals surface area contributed by atoms with E-state index >= 15 is 0 Å². The number of hydrogen-bond acceptors (Lipinski definition) is 2. The van der Waals surface area contributed by atoms with Gasteiger partial charge in [0, 0.05) is 16.1 Å². The van der Waals surface area contributed by atoms with E-state index in [9.17, 15) is 5.11 Å². The molecule has 0 aliphatic heterocycles.